The topological polar surface area (TPSA) is 73.4 Å². The van der Waals surface area contributed by atoms with E-state index in [1.165, 1.54) is 12.8 Å². The Labute approximate surface area is 164 Å². The highest BCUT2D eigenvalue weighted by Crippen LogP contribution is 2.45. The number of fused-ring (bicyclic) bond motifs is 1. The van der Waals surface area contributed by atoms with Gasteiger partial charge in [-0.3, -0.25) is 9.97 Å². The van der Waals surface area contributed by atoms with Crippen LogP contribution in [0.15, 0.2) is 72.1 Å². The molecule has 1 atom stereocenters. The molecular weight excluding hydrogens is 348 g/mol. The van der Waals surface area contributed by atoms with Crippen LogP contribution in [0.25, 0.3) is 0 Å². The van der Waals surface area contributed by atoms with Gasteiger partial charge in [0.2, 0.25) is 0 Å². The number of rotatable bonds is 4. The third-order valence-corrected chi connectivity index (χ3v) is 5.68. The Kier molecular flexibility index (Phi) is 4.08. The molecule has 5 nitrogen and oxygen atoms in total. The van der Waals surface area contributed by atoms with Gasteiger partial charge >= 0.3 is 0 Å². The first kappa shape index (κ1) is 16.9. The van der Waals surface area contributed by atoms with Gasteiger partial charge in [-0.1, -0.05) is 18.2 Å². The lowest BCUT2D eigenvalue weighted by atomic mass is 9.79. The molecule has 1 fully saturated rings. The number of aromatic nitrogens is 2. The van der Waals surface area contributed by atoms with E-state index in [0.29, 0.717) is 11.9 Å². The molecule has 0 saturated heterocycles. The zero-order chi connectivity index (χ0) is 19.0. The average molecular weight is 370 g/mol. The predicted octanol–water partition coefficient (Wildman–Crippen LogP) is 3.81. The summed E-state index contributed by atoms with van der Waals surface area (Å²) in [5, 5.41) is 0. The molecule has 2 aromatic heterocycles. The number of benzene rings is 1. The maximum absolute atomic E-state index is 6.31. The molecule has 1 saturated carbocycles. The number of amidine groups is 1. The summed E-state index contributed by atoms with van der Waals surface area (Å²) >= 11 is 0. The number of ether oxygens (including phenoxy) is 1. The number of nitrogens with two attached hydrogens (primary N) is 1. The normalized spacial score (nSPS) is 21.4. The van der Waals surface area contributed by atoms with Gasteiger partial charge in [0.15, 0.2) is 0 Å². The maximum Gasteiger partial charge on any atom is 0.146 e. The number of aliphatic imine (C=N–C) groups is 1. The van der Waals surface area contributed by atoms with Crippen LogP contribution in [0.2, 0.25) is 0 Å². The Morgan fingerprint density at radius 3 is 2.57 bits per heavy atom. The summed E-state index contributed by atoms with van der Waals surface area (Å²) in [6.07, 6.45) is 10.4. The first-order valence-corrected chi connectivity index (χ1v) is 9.76. The second kappa shape index (κ2) is 6.75. The molecule has 28 heavy (non-hydrogen) atoms. The fourth-order valence-corrected chi connectivity index (χ4v) is 4.39. The average Bonchev–Trinajstić information content (AvgIpc) is 3.36. The highest BCUT2D eigenvalue weighted by molar-refractivity contribution is 6.01. The van der Waals surface area contributed by atoms with Crippen LogP contribution in [-0.4, -0.2) is 21.9 Å². The van der Waals surface area contributed by atoms with E-state index in [9.17, 15) is 0 Å². The standard InChI is InChI=1S/C23H22N4O/c24-22-21-20(9-4-12-26-21)23(27-22,16-10-13-25-14-11-16)17-5-3-8-19(15-17)28-18-6-1-2-7-18/h3-5,8-15,18H,1-2,6-7H2,(H2,24,27). The van der Waals surface area contributed by atoms with E-state index in [1.54, 1.807) is 18.6 Å². The van der Waals surface area contributed by atoms with E-state index >= 15 is 0 Å². The third kappa shape index (κ3) is 2.66. The van der Waals surface area contributed by atoms with Crippen molar-refractivity contribution in [2.45, 2.75) is 37.3 Å². The highest BCUT2D eigenvalue weighted by atomic mass is 16.5. The van der Waals surface area contributed by atoms with Crippen molar-refractivity contribution in [1.82, 2.24) is 9.97 Å². The van der Waals surface area contributed by atoms with Crippen molar-refractivity contribution in [3.63, 3.8) is 0 Å². The Morgan fingerprint density at radius 1 is 0.929 bits per heavy atom. The molecule has 2 aliphatic rings. The molecule has 1 aromatic carbocycles. The van der Waals surface area contributed by atoms with Crippen molar-refractivity contribution in [3.8, 4) is 5.75 Å². The number of hydrogen-bond acceptors (Lipinski definition) is 5. The SMILES string of the molecule is NC1=NC(c2ccncc2)(c2cccc(OC3CCCC3)c2)c2cccnc21. The summed E-state index contributed by atoms with van der Waals surface area (Å²) in [6.45, 7) is 0. The quantitative estimate of drug-likeness (QED) is 0.758. The Bertz CT molecular complexity index is 1030. The van der Waals surface area contributed by atoms with Crippen LogP contribution in [0.1, 0.15) is 48.1 Å². The van der Waals surface area contributed by atoms with Gasteiger partial charge in [0.25, 0.3) is 0 Å². The van der Waals surface area contributed by atoms with E-state index in [0.717, 1.165) is 41.0 Å². The van der Waals surface area contributed by atoms with Crippen LogP contribution in [0.3, 0.4) is 0 Å². The fraction of sp³-hybridized carbons (Fsp3) is 0.261. The molecule has 5 rings (SSSR count). The van der Waals surface area contributed by atoms with Crippen LogP contribution < -0.4 is 10.5 Å². The molecule has 0 radical (unpaired) electrons. The molecule has 5 heteroatoms. The van der Waals surface area contributed by atoms with E-state index in [4.69, 9.17) is 15.5 Å². The second-order valence-corrected chi connectivity index (χ2v) is 7.40. The molecule has 1 unspecified atom stereocenters. The van der Waals surface area contributed by atoms with Crippen molar-refractivity contribution >= 4 is 5.84 Å². The summed E-state index contributed by atoms with van der Waals surface area (Å²) in [6, 6.07) is 16.2. The molecule has 0 spiro atoms. The first-order valence-electron chi connectivity index (χ1n) is 9.76. The van der Waals surface area contributed by atoms with Crippen LogP contribution in [0.5, 0.6) is 5.75 Å². The lowest BCUT2D eigenvalue weighted by Gasteiger charge is -2.29. The Hall–Kier alpha value is -3.21. The van der Waals surface area contributed by atoms with Crippen LogP contribution >= 0.6 is 0 Å². The molecule has 1 aliphatic carbocycles. The minimum absolute atomic E-state index is 0.304. The van der Waals surface area contributed by atoms with E-state index in [-0.39, 0.29) is 0 Å². The van der Waals surface area contributed by atoms with Crippen molar-refractivity contribution in [1.29, 1.82) is 0 Å². The summed E-state index contributed by atoms with van der Waals surface area (Å²) in [7, 11) is 0. The summed E-state index contributed by atoms with van der Waals surface area (Å²) in [5.74, 6) is 1.33. The summed E-state index contributed by atoms with van der Waals surface area (Å²) < 4.78 is 6.26. The monoisotopic (exact) mass is 370 g/mol. The van der Waals surface area contributed by atoms with Gasteiger partial charge < -0.3 is 10.5 Å². The molecule has 1 aliphatic heterocycles. The van der Waals surface area contributed by atoms with E-state index in [1.807, 2.05) is 30.3 Å². The molecule has 2 N–H and O–H groups in total. The fourth-order valence-electron chi connectivity index (χ4n) is 4.39. The minimum atomic E-state index is -0.744. The van der Waals surface area contributed by atoms with Crippen LogP contribution in [-0.2, 0) is 5.54 Å². The summed E-state index contributed by atoms with van der Waals surface area (Å²) in [4.78, 5) is 13.6. The summed E-state index contributed by atoms with van der Waals surface area (Å²) in [5.41, 5.74) is 9.31. The first-order chi connectivity index (χ1) is 13.8. The van der Waals surface area contributed by atoms with E-state index < -0.39 is 5.54 Å². The second-order valence-electron chi connectivity index (χ2n) is 7.40. The Balaban J connectivity index is 1.67. The van der Waals surface area contributed by atoms with Crippen LogP contribution in [0, 0.1) is 0 Å². The van der Waals surface area contributed by atoms with Gasteiger partial charge in [0, 0.05) is 24.2 Å². The molecule has 0 bridgehead atoms. The molecular formula is C23H22N4O. The maximum atomic E-state index is 6.31. The zero-order valence-corrected chi connectivity index (χ0v) is 15.6. The van der Waals surface area contributed by atoms with Crippen molar-refractivity contribution in [2.75, 3.05) is 0 Å². The molecule has 3 aromatic rings. The largest absolute Gasteiger partial charge is 0.490 e. The zero-order valence-electron chi connectivity index (χ0n) is 15.6. The van der Waals surface area contributed by atoms with Gasteiger partial charge in [-0.2, -0.15) is 0 Å². The molecule has 3 heterocycles. The van der Waals surface area contributed by atoms with Gasteiger partial charge in [-0.05, 0) is 67.1 Å². The third-order valence-electron chi connectivity index (χ3n) is 5.68. The van der Waals surface area contributed by atoms with Gasteiger partial charge in [-0.25, -0.2) is 4.99 Å². The van der Waals surface area contributed by atoms with E-state index in [2.05, 4.69) is 28.2 Å². The predicted molar refractivity (Wildman–Crippen MR) is 108 cm³/mol. The van der Waals surface area contributed by atoms with Gasteiger partial charge in [0.05, 0.1) is 6.10 Å². The smallest absolute Gasteiger partial charge is 0.146 e. The van der Waals surface area contributed by atoms with Crippen LogP contribution in [0.4, 0.5) is 0 Å². The molecule has 140 valence electrons. The highest BCUT2D eigenvalue weighted by Gasteiger charge is 2.43. The van der Waals surface area contributed by atoms with Gasteiger partial charge in [0.1, 0.15) is 22.8 Å². The van der Waals surface area contributed by atoms with Gasteiger partial charge in [-0.15, -0.1) is 0 Å². The van der Waals surface area contributed by atoms with Crippen molar-refractivity contribution in [3.05, 3.63) is 89.5 Å². The number of hydrogen-bond donors (Lipinski definition) is 1. The molecule has 0 amide bonds. The van der Waals surface area contributed by atoms with Crippen molar-refractivity contribution in [2.24, 2.45) is 10.7 Å². The number of pyridine rings is 2. The lowest BCUT2D eigenvalue weighted by molar-refractivity contribution is 0.209. The van der Waals surface area contributed by atoms with Crippen molar-refractivity contribution < 1.29 is 4.74 Å². The minimum Gasteiger partial charge on any atom is -0.490 e. The number of nitrogens with zero attached hydrogens (tertiary/aromatic N) is 3. The lowest BCUT2D eigenvalue weighted by Crippen LogP contribution is -2.25. The Morgan fingerprint density at radius 2 is 1.75 bits per heavy atom.